The molecule has 0 saturated heterocycles. The molecule has 0 aliphatic carbocycles. The molecule has 2 nitrogen and oxygen atoms in total. The number of rotatable bonds is 4. The van der Waals surface area contributed by atoms with E-state index in [9.17, 15) is 4.79 Å². The molecule has 0 aliphatic heterocycles. The first-order chi connectivity index (χ1) is 8.72. The Kier molecular flexibility index (Phi) is 4.44. The third-order valence-corrected chi connectivity index (χ3v) is 4.52. The summed E-state index contributed by atoms with van der Waals surface area (Å²) in [6.45, 7) is 2.01. The maximum atomic E-state index is 12.2. The van der Waals surface area contributed by atoms with Gasteiger partial charge in [-0.05, 0) is 36.8 Å². The van der Waals surface area contributed by atoms with Crippen LogP contribution < -0.4 is 5.32 Å². The lowest BCUT2D eigenvalue weighted by molar-refractivity contribution is 0.0937. The van der Waals surface area contributed by atoms with Gasteiger partial charge in [0.2, 0.25) is 0 Å². The first-order valence-electron chi connectivity index (χ1n) is 5.69. The molecule has 2 rings (SSSR count). The second kappa shape index (κ2) is 6.07. The fraction of sp³-hybridized carbons (Fsp3) is 0.214. The third kappa shape index (κ3) is 2.94. The maximum Gasteiger partial charge on any atom is 0.252 e. The van der Waals surface area contributed by atoms with Crippen LogP contribution in [0, 0.1) is 0 Å². The average molecular weight is 277 g/mol. The first-order valence-corrected chi connectivity index (χ1v) is 7.80. The molecule has 1 amide bonds. The van der Waals surface area contributed by atoms with Crippen LogP contribution in [0.4, 0.5) is 0 Å². The van der Waals surface area contributed by atoms with Crippen LogP contribution >= 0.6 is 23.1 Å². The van der Waals surface area contributed by atoms with Gasteiger partial charge >= 0.3 is 0 Å². The number of carbonyl (C=O) groups is 1. The number of amides is 1. The molecule has 1 atom stereocenters. The lowest BCUT2D eigenvalue weighted by Gasteiger charge is -2.13. The standard InChI is InChI=1S/C14H15NOS2/c1-10(12-8-5-9-18-12)15-14(16)11-6-3-4-7-13(11)17-2/h3-10H,1-2H3,(H,15,16). The number of thioether (sulfide) groups is 1. The molecule has 1 heterocycles. The summed E-state index contributed by atoms with van der Waals surface area (Å²) in [6, 6.07) is 11.8. The summed E-state index contributed by atoms with van der Waals surface area (Å²) in [6.07, 6.45) is 1.98. The van der Waals surface area contributed by atoms with Gasteiger partial charge in [-0.1, -0.05) is 18.2 Å². The van der Waals surface area contributed by atoms with E-state index in [1.165, 1.54) is 4.88 Å². The van der Waals surface area contributed by atoms with E-state index in [4.69, 9.17) is 0 Å². The van der Waals surface area contributed by atoms with E-state index < -0.39 is 0 Å². The Hall–Kier alpha value is -1.26. The molecule has 0 radical (unpaired) electrons. The van der Waals surface area contributed by atoms with E-state index in [1.54, 1.807) is 23.1 Å². The zero-order valence-corrected chi connectivity index (χ0v) is 12.0. The van der Waals surface area contributed by atoms with E-state index in [0.29, 0.717) is 0 Å². The molecule has 1 aromatic carbocycles. The molecular formula is C14H15NOS2. The zero-order chi connectivity index (χ0) is 13.0. The van der Waals surface area contributed by atoms with Gasteiger partial charge in [-0.2, -0.15) is 0 Å². The largest absolute Gasteiger partial charge is 0.345 e. The fourth-order valence-electron chi connectivity index (χ4n) is 1.72. The fourth-order valence-corrected chi connectivity index (χ4v) is 3.05. The van der Waals surface area contributed by atoms with Crippen LogP contribution in [0.3, 0.4) is 0 Å². The first kappa shape index (κ1) is 13.2. The molecule has 1 unspecified atom stereocenters. The van der Waals surface area contributed by atoms with Crippen molar-refractivity contribution in [2.24, 2.45) is 0 Å². The molecule has 1 N–H and O–H groups in total. The van der Waals surface area contributed by atoms with E-state index in [1.807, 2.05) is 55.0 Å². The highest BCUT2D eigenvalue weighted by molar-refractivity contribution is 7.98. The van der Waals surface area contributed by atoms with Crippen molar-refractivity contribution < 1.29 is 4.79 Å². The number of hydrogen-bond acceptors (Lipinski definition) is 3. The van der Waals surface area contributed by atoms with Gasteiger partial charge in [0.15, 0.2) is 0 Å². The molecule has 2 aromatic rings. The van der Waals surface area contributed by atoms with E-state index in [-0.39, 0.29) is 11.9 Å². The van der Waals surface area contributed by atoms with Crippen LogP contribution in [0.1, 0.15) is 28.2 Å². The minimum absolute atomic E-state index is 0.0131. The summed E-state index contributed by atoms with van der Waals surface area (Å²) < 4.78 is 0. The molecule has 94 valence electrons. The van der Waals surface area contributed by atoms with Crippen LogP contribution in [0.25, 0.3) is 0 Å². The Morgan fingerprint density at radius 2 is 2.06 bits per heavy atom. The summed E-state index contributed by atoms with van der Waals surface area (Å²) in [7, 11) is 0. The van der Waals surface area contributed by atoms with Gasteiger partial charge in [0.05, 0.1) is 11.6 Å². The highest BCUT2D eigenvalue weighted by Crippen LogP contribution is 2.22. The van der Waals surface area contributed by atoms with Crippen molar-refractivity contribution in [2.45, 2.75) is 17.9 Å². The van der Waals surface area contributed by atoms with Crippen molar-refractivity contribution >= 4 is 29.0 Å². The highest BCUT2D eigenvalue weighted by Gasteiger charge is 2.14. The number of hydrogen-bond donors (Lipinski definition) is 1. The smallest absolute Gasteiger partial charge is 0.252 e. The molecule has 0 bridgehead atoms. The van der Waals surface area contributed by atoms with Crippen molar-refractivity contribution in [3.63, 3.8) is 0 Å². The second-order valence-electron chi connectivity index (χ2n) is 3.91. The van der Waals surface area contributed by atoms with Crippen LogP contribution in [0.2, 0.25) is 0 Å². The number of nitrogens with one attached hydrogen (secondary N) is 1. The summed E-state index contributed by atoms with van der Waals surface area (Å²) >= 11 is 3.25. The summed E-state index contributed by atoms with van der Waals surface area (Å²) in [5, 5.41) is 5.05. The van der Waals surface area contributed by atoms with Gasteiger partial charge in [0.25, 0.3) is 5.91 Å². The van der Waals surface area contributed by atoms with Crippen molar-refractivity contribution in [1.29, 1.82) is 0 Å². The Morgan fingerprint density at radius 3 is 2.72 bits per heavy atom. The summed E-state index contributed by atoms with van der Waals surface area (Å²) in [5.41, 5.74) is 0.744. The molecule has 0 saturated carbocycles. The van der Waals surface area contributed by atoms with Gasteiger partial charge in [-0.15, -0.1) is 23.1 Å². The zero-order valence-electron chi connectivity index (χ0n) is 10.3. The molecular weight excluding hydrogens is 262 g/mol. The lowest BCUT2D eigenvalue weighted by atomic mass is 10.2. The SMILES string of the molecule is CSc1ccccc1C(=O)NC(C)c1cccs1. The molecule has 4 heteroatoms. The van der Waals surface area contributed by atoms with Gasteiger partial charge in [0, 0.05) is 9.77 Å². The maximum absolute atomic E-state index is 12.2. The highest BCUT2D eigenvalue weighted by atomic mass is 32.2. The Labute approximate surface area is 115 Å². The quantitative estimate of drug-likeness (QED) is 0.857. The minimum atomic E-state index is -0.0131. The summed E-state index contributed by atoms with van der Waals surface area (Å²) in [4.78, 5) is 14.4. The molecule has 18 heavy (non-hydrogen) atoms. The van der Waals surface area contributed by atoms with Crippen molar-refractivity contribution in [2.75, 3.05) is 6.26 Å². The third-order valence-electron chi connectivity index (χ3n) is 2.67. The van der Waals surface area contributed by atoms with E-state index >= 15 is 0 Å². The van der Waals surface area contributed by atoms with Gasteiger partial charge in [0.1, 0.15) is 0 Å². The monoisotopic (exact) mass is 277 g/mol. The predicted octanol–water partition coefficient (Wildman–Crippen LogP) is 3.96. The molecule has 0 fully saturated rings. The average Bonchev–Trinajstić information content (AvgIpc) is 2.92. The van der Waals surface area contributed by atoms with E-state index in [2.05, 4.69) is 5.32 Å². The van der Waals surface area contributed by atoms with Crippen LogP contribution in [-0.4, -0.2) is 12.2 Å². The normalized spacial score (nSPS) is 12.1. The van der Waals surface area contributed by atoms with Crippen LogP contribution in [0.5, 0.6) is 0 Å². The predicted molar refractivity (Wildman–Crippen MR) is 78.4 cm³/mol. The van der Waals surface area contributed by atoms with Crippen molar-refractivity contribution in [1.82, 2.24) is 5.32 Å². The Morgan fingerprint density at radius 1 is 1.28 bits per heavy atom. The minimum Gasteiger partial charge on any atom is -0.345 e. The van der Waals surface area contributed by atoms with Crippen LogP contribution in [0.15, 0.2) is 46.7 Å². The molecule has 1 aromatic heterocycles. The summed E-state index contributed by atoms with van der Waals surface area (Å²) in [5.74, 6) is -0.0131. The lowest BCUT2D eigenvalue weighted by Crippen LogP contribution is -2.26. The molecule has 0 aliphatic rings. The van der Waals surface area contributed by atoms with E-state index in [0.717, 1.165) is 10.5 Å². The topological polar surface area (TPSA) is 29.1 Å². The number of benzene rings is 1. The Balaban J connectivity index is 2.12. The Bertz CT molecular complexity index is 522. The van der Waals surface area contributed by atoms with Gasteiger partial charge in [-0.3, -0.25) is 4.79 Å². The molecule has 0 spiro atoms. The van der Waals surface area contributed by atoms with Gasteiger partial charge in [-0.25, -0.2) is 0 Å². The number of carbonyl (C=O) groups excluding carboxylic acids is 1. The van der Waals surface area contributed by atoms with Crippen molar-refractivity contribution in [3.05, 3.63) is 52.2 Å². The van der Waals surface area contributed by atoms with Crippen LogP contribution in [-0.2, 0) is 0 Å². The second-order valence-corrected chi connectivity index (χ2v) is 5.74. The number of thiophene rings is 1. The van der Waals surface area contributed by atoms with Crippen molar-refractivity contribution in [3.8, 4) is 0 Å². The van der Waals surface area contributed by atoms with Gasteiger partial charge < -0.3 is 5.32 Å².